The molecule has 0 fully saturated rings. The minimum absolute atomic E-state index is 0.0903. The van der Waals surface area contributed by atoms with Crippen LogP contribution in [0.1, 0.15) is 27.8 Å². The summed E-state index contributed by atoms with van der Waals surface area (Å²) < 4.78 is 0. The Hall–Kier alpha value is -1.64. The summed E-state index contributed by atoms with van der Waals surface area (Å²) in [6.45, 7) is 7.39. The van der Waals surface area contributed by atoms with E-state index < -0.39 is 0 Å². The largest absolute Gasteiger partial charge is 0.395 e. The van der Waals surface area contributed by atoms with E-state index in [9.17, 15) is 5.11 Å². The fraction of sp³-hybridized carbons (Fsp3) is 0.368. The van der Waals surface area contributed by atoms with Gasteiger partial charge in [0.25, 0.3) is 0 Å². The summed E-state index contributed by atoms with van der Waals surface area (Å²) in [6, 6.07) is 14.8. The molecule has 0 spiro atoms. The Morgan fingerprint density at radius 2 is 1.62 bits per heavy atom. The summed E-state index contributed by atoms with van der Waals surface area (Å²) >= 11 is 0. The second kappa shape index (κ2) is 7.39. The van der Waals surface area contributed by atoms with Crippen LogP contribution in [0, 0.1) is 20.8 Å². The number of aryl methyl sites for hydroxylation is 3. The molecule has 1 atom stereocenters. The number of rotatable bonds is 6. The monoisotopic (exact) mass is 283 g/mol. The molecule has 0 amide bonds. The van der Waals surface area contributed by atoms with Crippen molar-refractivity contribution in [2.45, 2.75) is 39.8 Å². The molecule has 2 heteroatoms. The first-order chi connectivity index (χ1) is 10.1. The van der Waals surface area contributed by atoms with Crippen molar-refractivity contribution in [2.75, 3.05) is 6.61 Å². The van der Waals surface area contributed by atoms with Crippen LogP contribution in [0.2, 0.25) is 0 Å². The van der Waals surface area contributed by atoms with E-state index in [0.717, 1.165) is 13.0 Å². The summed E-state index contributed by atoms with van der Waals surface area (Å²) in [5.41, 5.74) is 6.53. The maximum absolute atomic E-state index is 9.59. The molecule has 0 aliphatic rings. The molecule has 0 bridgehead atoms. The Morgan fingerprint density at radius 3 is 2.19 bits per heavy atom. The van der Waals surface area contributed by atoms with Gasteiger partial charge in [-0.1, -0.05) is 48.0 Å². The second-order valence-electron chi connectivity index (χ2n) is 5.83. The first-order valence-electron chi connectivity index (χ1n) is 7.55. The highest BCUT2D eigenvalue weighted by Gasteiger charge is 2.10. The second-order valence-corrected chi connectivity index (χ2v) is 5.83. The molecule has 0 saturated heterocycles. The lowest BCUT2D eigenvalue weighted by Crippen LogP contribution is -2.34. The van der Waals surface area contributed by atoms with Crippen LogP contribution in [0.4, 0.5) is 0 Å². The van der Waals surface area contributed by atoms with E-state index in [2.05, 4.69) is 50.4 Å². The fourth-order valence-corrected chi connectivity index (χ4v) is 2.84. The lowest BCUT2D eigenvalue weighted by atomic mass is 9.99. The van der Waals surface area contributed by atoms with E-state index >= 15 is 0 Å². The molecular weight excluding hydrogens is 258 g/mol. The van der Waals surface area contributed by atoms with E-state index in [4.69, 9.17) is 0 Å². The zero-order chi connectivity index (χ0) is 15.2. The van der Waals surface area contributed by atoms with Gasteiger partial charge in [0.15, 0.2) is 0 Å². The first-order valence-corrected chi connectivity index (χ1v) is 7.55. The molecule has 0 aliphatic heterocycles. The number of nitrogens with one attached hydrogen (secondary N) is 1. The van der Waals surface area contributed by atoms with Gasteiger partial charge in [-0.05, 0) is 49.4 Å². The van der Waals surface area contributed by atoms with Gasteiger partial charge in [-0.2, -0.15) is 0 Å². The average Bonchev–Trinajstić information content (AvgIpc) is 2.46. The van der Waals surface area contributed by atoms with Crippen molar-refractivity contribution in [3.63, 3.8) is 0 Å². The van der Waals surface area contributed by atoms with E-state index in [1.807, 2.05) is 18.2 Å². The molecule has 112 valence electrons. The number of aliphatic hydroxyl groups is 1. The fourth-order valence-electron chi connectivity index (χ4n) is 2.84. The Labute approximate surface area is 127 Å². The first kappa shape index (κ1) is 15.7. The zero-order valence-corrected chi connectivity index (χ0v) is 13.2. The number of hydrogen-bond donors (Lipinski definition) is 2. The van der Waals surface area contributed by atoms with Crippen LogP contribution in [0.3, 0.4) is 0 Å². The molecule has 0 radical (unpaired) electrons. The van der Waals surface area contributed by atoms with Gasteiger partial charge in [-0.15, -0.1) is 0 Å². The maximum Gasteiger partial charge on any atom is 0.0587 e. The SMILES string of the molecule is Cc1cc(C)c(CNC(CO)Cc2ccccc2)c(C)c1. The Balaban J connectivity index is 2.00. The van der Waals surface area contributed by atoms with E-state index in [-0.39, 0.29) is 12.6 Å². The van der Waals surface area contributed by atoms with Gasteiger partial charge in [-0.25, -0.2) is 0 Å². The molecule has 0 heterocycles. The third-order valence-corrected chi connectivity index (χ3v) is 3.95. The van der Waals surface area contributed by atoms with Crippen molar-refractivity contribution in [3.05, 3.63) is 70.3 Å². The van der Waals surface area contributed by atoms with Crippen molar-refractivity contribution < 1.29 is 5.11 Å². The van der Waals surface area contributed by atoms with Crippen LogP contribution < -0.4 is 5.32 Å². The van der Waals surface area contributed by atoms with Crippen molar-refractivity contribution in [2.24, 2.45) is 0 Å². The zero-order valence-electron chi connectivity index (χ0n) is 13.2. The van der Waals surface area contributed by atoms with Gasteiger partial charge in [0.2, 0.25) is 0 Å². The lowest BCUT2D eigenvalue weighted by molar-refractivity contribution is 0.240. The van der Waals surface area contributed by atoms with Crippen molar-refractivity contribution >= 4 is 0 Å². The average molecular weight is 283 g/mol. The Bertz CT molecular complexity index is 554. The van der Waals surface area contributed by atoms with Crippen LogP contribution in [-0.2, 0) is 13.0 Å². The molecule has 2 aromatic rings. The van der Waals surface area contributed by atoms with Crippen LogP contribution in [0.5, 0.6) is 0 Å². The quantitative estimate of drug-likeness (QED) is 0.852. The van der Waals surface area contributed by atoms with E-state index in [0.29, 0.717) is 0 Å². The highest BCUT2D eigenvalue weighted by Crippen LogP contribution is 2.16. The highest BCUT2D eigenvalue weighted by molar-refractivity contribution is 5.37. The highest BCUT2D eigenvalue weighted by atomic mass is 16.3. The van der Waals surface area contributed by atoms with Crippen molar-refractivity contribution in [1.82, 2.24) is 5.32 Å². The summed E-state index contributed by atoms with van der Waals surface area (Å²) in [5.74, 6) is 0. The van der Waals surface area contributed by atoms with Gasteiger partial charge in [-0.3, -0.25) is 0 Å². The lowest BCUT2D eigenvalue weighted by Gasteiger charge is -2.19. The van der Waals surface area contributed by atoms with Crippen molar-refractivity contribution in [3.8, 4) is 0 Å². The summed E-state index contributed by atoms with van der Waals surface area (Å²) in [6.07, 6.45) is 0.849. The normalized spacial score (nSPS) is 12.4. The molecule has 2 N–H and O–H groups in total. The van der Waals surface area contributed by atoms with Crippen LogP contribution >= 0.6 is 0 Å². The van der Waals surface area contributed by atoms with Gasteiger partial charge >= 0.3 is 0 Å². The third kappa shape index (κ3) is 4.42. The topological polar surface area (TPSA) is 32.3 Å². The number of hydrogen-bond acceptors (Lipinski definition) is 2. The Morgan fingerprint density at radius 1 is 1.00 bits per heavy atom. The van der Waals surface area contributed by atoms with E-state index in [1.54, 1.807) is 0 Å². The van der Waals surface area contributed by atoms with Gasteiger partial charge < -0.3 is 10.4 Å². The van der Waals surface area contributed by atoms with Crippen molar-refractivity contribution in [1.29, 1.82) is 0 Å². The molecular formula is C19H25NO. The number of aliphatic hydroxyl groups excluding tert-OH is 1. The van der Waals surface area contributed by atoms with Crippen LogP contribution in [0.15, 0.2) is 42.5 Å². The summed E-state index contributed by atoms with van der Waals surface area (Å²) in [7, 11) is 0. The molecule has 1 unspecified atom stereocenters. The molecule has 0 saturated carbocycles. The van der Waals surface area contributed by atoms with Crippen LogP contribution in [-0.4, -0.2) is 17.8 Å². The molecule has 2 aromatic carbocycles. The Kier molecular flexibility index (Phi) is 5.54. The van der Waals surface area contributed by atoms with Gasteiger partial charge in [0.1, 0.15) is 0 Å². The summed E-state index contributed by atoms with van der Waals surface area (Å²) in [5, 5.41) is 13.1. The molecule has 2 nitrogen and oxygen atoms in total. The molecule has 0 aromatic heterocycles. The van der Waals surface area contributed by atoms with E-state index in [1.165, 1.54) is 27.8 Å². The standard InChI is InChI=1S/C19H25NO/c1-14-9-15(2)19(16(3)10-14)12-20-18(13-21)11-17-7-5-4-6-8-17/h4-10,18,20-21H,11-13H2,1-3H3. The minimum atomic E-state index is 0.0903. The molecule has 0 aliphatic carbocycles. The summed E-state index contributed by atoms with van der Waals surface area (Å²) in [4.78, 5) is 0. The third-order valence-electron chi connectivity index (χ3n) is 3.95. The molecule has 2 rings (SSSR count). The maximum atomic E-state index is 9.59. The minimum Gasteiger partial charge on any atom is -0.395 e. The van der Waals surface area contributed by atoms with Crippen LogP contribution in [0.25, 0.3) is 0 Å². The van der Waals surface area contributed by atoms with Gasteiger partial charge in [0, 0.05) is 12.6 Å². The smallest absolute Gasteiger partial charge is 0.0587 e. The molecule has 21 heavy (non-hydrogen) atoms. The number of benzene rings is 2. The predicted molar refractivity (Wildman–Crippen MR) is 88.5 cm³/mol. The van der Waals surface area contributed by atoms with Gasteiger partial charge in [0.05, 0.1) is 6.61 Å². The predicted octanol–water partition coefficient (Wildman–Crippen LogP) is 3.31.